The average Bonchev–Trinajstić information content (AvgIpc) is 2.24. The van der Waals surface area contributed by atoms with Crippen LogP contribution in [0.3, 0.4) is 0 Å². The van der Waals surface area contributed by atoms with Gasteiger partial charge in [0.25, 0.3) is 0 Å². The van der Waals surface area contributed by atoms with Crippen molar-refractivity contribution >= 4 is 11.8 Å². The summed E-state index contributed by atoms with van der Waals surface area (Å²) in [5.41, 5.74) is 14.6. The number of hydrogen-bond donors (Lipinski definition) is 2. The van der Waals surface area contributed by atoms with Gasteiger partial charge in [0.05, 0.1) is 5.69 Å². The first-order valence-electron chi connectivity index (χ1n) is 4.50. The van der Waals surface area contributed by atoms with Crippen LogP contribution < -0.4 is 5.73 Å². The molecule has 1 aromatic rings. The van der Waals surface area contributed by atoms with Gasteiger partial charge in [0.2, 0.25) is 0 Å². The van der Waals surface area contributed by atoms with Crippen LogP contribution in [0.4, 0.5) is 5.69 Å². The summed E-state index contributed by atoms with van der Waals surface area (Å²) in [6, 6.07) is 5.16. The van der Waals surface area contributed by atoms with E-state index in [2.05, 4.69) is 10.0 Å². The van der Waals surface area contributed by atoms with Gasteiger partial charge in [-0.05, 0) is 18.0 Å². The lowest BCUT2D eigenvalue weighted by molar-refractivity contribution is 0.476. The maximum absolute atomic E-state index is 9.54. The lowest BCUT2D eigenvalue weighted by Crippen LogP contribution is -1.86. The molecule has 0 aliphatic heterocycles. The van der Waals surface area contributed by atoms with E-state index in [0.29, 0.717) is 24.2 Å². The molecule has 0 radical (unpaired) electrons. The Balaban J connectivity index is 2.64. The number of nitrogens with two attached hydrogens (primary N) is 1. The molecule has 15 heavy (non-hydrogen) atoms. The second-order valence-corrected chi connectivity index (χ2v) is 2.93. The van der Waals surface area contributed by atoms with Crippen molar-refractivity contribution in [1.82, 2.24) is 0 Å². The van der Waals surface area contributed by atoms with Gasteiger partial charge < -0.3 is 10.8 Å². The Labute approximate surface area is 87.5 Å². The molecule has 0 aromatic heterocycles. The number of phenolic OH excluding ortho intramolecular Hbond substituents is 1. The Morgan fingerprint density at radius 2 is 2.33 bits per heavy atom. The number of azide groups is 1. The molecule has 0 unspecified atom stereocenters. The van der Waals surface area contributed by atoms with E-state index in [1.54, 1.807) is 24.3 Å². The van der Waals surface area contributed by atoms with Crippen molar-refractivity contribution in [3.63, 3.8) is 0 Å². The molecule has 0 amide bonds. The van der Waals surface area contributed by atoms with Crippen molar-refractivity contribution in [3.8, 4) is 5.75 Å². The summed E-state index contributed by atoms with van der Waals surface area (Å²) in [5.74, 6) is 0.0811. The Morgan fingerprint density at radius 3 is 3.07 bits per heavy atom. The minimum Gasteiger partial charge on any atom is -0.505 e. The number of anilines is 1. The summed E-state index contributed by atoms with van der Waals surface area (Å²) in [6.45, 7) is 0.413. The van der Waals surface area contributed by atoms with E-state index in [0.717, 1.165) is 0 Å². The van der Waals surface area contributed by atoms with E-state index < -0.39 is 0 Å². The lowest BCUT2D eigenvalue weighted by atomic mass is 10.1. The third kappa shape index (κ3) is 3.25. The molecular weight excluding hydrogens is 192 g/mol. The molecule has 0 atom stereocenters. The Kier molecular flexibility index (Phi) is 4.06. The van der Waals surface area contributed by atoms with Gasteiger partial charge in [-0.2, -0.15) is 0 Å². The van der Waals surface area contributed by atoms with Gasteiger partial charge in [-0.3, -0.25) is 0 Å². The molecule has 5 nitrogen and oxygen atoms in total. The molecule has 0 bridgehead atoms. The predicted octanol–water partition coefficient (Wildman–Crippen LogP) is 2.69. The zero-order valence-corrected chi connectivity index (χ0v) is 8.17. The third-order valence-electron chi connectivity index (χ3n) is 1.85. The summed E-state index contributed by atoms with van der Waals surface area (Å²) in [4.78, 5) is 2.63. The number of hydrogen-bond acceptors (Lipinski definition) is 3. The second-order valence-electron chi connectivity index (χ2n) is 2.93. The van der Waals surface area contributed by atoms with Crippen LogP contribution in [0.1, 0.15) is 12.0 Å². The topological polar surface area (TPSA) is 95.0 Å². The number of nitrogen functional groups attached to an aromatic ring is 1. The molecule has 3 N–H and O–H groups in total. The minimum absolute atomic E-state index is 0.0811. The molecule has 0 aliphatic carbocycles. The number of para-hydroxylation sites is 1. The van der Waals surface area contributed by atoms with Crippen molar-refractivity contribution in [3.05, 3.63) is 40.3 Å². The van der Waals surface area contributed by atoms with Crippen molar-refractivity contribution < 1.29 is 5.11 Å². The minimum atomic E-state index is 0.0811. The molecule has 78 valence electrons. The SMILES string of the molecule is [N-]=[N+]=NCCC=Cc1cccc(N)c1O. The number of aromatic hydroxyl groups is 1. The highest BCUT2D eigenvalue weighted by molar-refractivity contribution is 5.66. The summed E-state index contributed by atoms with van der Waals surface area (Å²) in [5, 5.41) is 12.9. The van der Waals surface area contributed by atoms with E-state index in [4.69, 9.17) is 11.3 Å². The van der Waals surface area contributed by atoms with Crippen LogP contribution in [-0.2, 0) is 0 Å². The molecule has 0 aliphatic rings. The molecular formula is C10H12N4O. The second kappa shape index (κ2) is 5.57. The maximum Gasteiger partial charge on any atom is 0.145 e. The van der Waals surface area contributed by atoms with E-state index in [-0.39, 0.29) is 5.75 Å². The number of rotatable bonds is 4. The fourth-order valence-electron chi connectivity index (χ4n) is 1.10. The van der Waals surface area contributed by atoms with Crippen LogP contribution in [0.15, 0.2) is 29.4 Å². The van der Waals surface area contributed by atoms with Gasteiger partial charge in [0.15, 0.2) is 0 Å². The molecule has 1 rings (SSSR count). The van der Waals surface area contributed by atoms with Gasteiger partial charge in [0.1, 0.15) is 5.75 Å². The van der Waals surface area contributed by atoms with Crippen molar-refractivity contribution in [2.24, 2.45) is 5.11 Å². The average molecular weight is 204 g/mol. The van der Waals surface area contributed by atoms with Gasteiger partial charge in [0, 0.05) is 17.0 Å². The first-order valence-corrected chi connectivity index (χ1v) is 4.50. The zero-order chi connectivity index (χ0) is 11.1. The van der Waals surface area contributed by atoms with Crippen LogP contribution in [-0.4, -0.2) is 11.7 Å². The van der Waals surface area contributed by atoms with E-state index in [1.165, 1.54) is 0 Å². The van der Waals surface area contributed by atoms with E-state index in [1.807, 2.05) is 6.08 Å². The van der Waals surface area contributed by atoms with E-state index >= 15 is 0 Å². The van der Waals surface area contributed by atoms with Crippen LogP contribution in [0.5, 0.6) is 5.75 Å². The predicted molar refractivity (Wildman–Crippen MR) is 60.2 cm³/mol. The van der Waals surface area contributed by atoms with Crippen molar-refractivity contribution in [2.45, 2.75) is 6.42 Å². The third-order valence-corrected chi connectivity index (χ3v) is 1.85. The Morgan fingerprint density at radius 1 is 1.53 bits per heavy atom. The first kappa shape index (κ1) is 10.9. The number of nitrogens with zero attached hydrogens (tertiary/aromatic N) is 3. The van der Waals surface area contributed by atoms with Crippen LogP contribution in [0, 0.1) is 0 Å². The molecule has 0 saturated heterocycles. The maximum atomic E-state index is 9.54. The molecule has 1 aromatic carbocycles. The standard InChI is InChI=1S/C10H12N4O/c11-9-6-3-5-8(10(9)15)4-1-2-7-13-14-12/h1,3-6,15H,2,7,11H2. The molecule has 5 heteroatoms. The van der Waals surface area contributed by atoms with Gasteiger partial charge in [-0.1, -0.05) is 29.4 Å². The van der Waals surface area contributed by atoms with Gasteiger partial charge in [-0.15, -0.1) is 0 Å². The summed E-state index contributed by atoms with van der Waals surface area (Å²) in [7, 11) is 0. The Hall–Kier alpha value is -2.13. The normalized spacial score (nSPS) is 10.1. The molecule has 0 fully saturated rings. The first-order chi connectivity index (χ1) is 7.25. The number of phenols is 1. The highest BCUT2D eigenvalue weighted by atomic mass is 16.3. The fraction of sp³-hybridized carbons (Fsp3) is 0.200. The smallest absolute Gasteiger partial charge is 0.145 e. The van der Waals surface area contributed by atoms with Gasteiger partial charge >= 0.3 is 0 Å². The van der Waals surface area contributed by atoms with Crippen LogP contribution in [0.2, 0.25) is 0 Å². The summed E-state index contributed by atoms with van der Waals surface area (Å²) < 4.78 is 0. The van der Waals surface area contributed by atoms with Crippen LogP contribution in [0.25, 0.3) is 16.5 Å². The molecule has 0 heterocycles. The number of benzene rings is 1. The fourth-order valence-corrected chi connectivity index (χ4v) is 1.10. The molecule has 0 spiro atoms. The largest absolute Gasteiger partial charge is 0.505 e. The van der Waals surface area contributed by atoms with Crippen LogP contribution >= 0.6 is 0 Å². The quantitative estimate of drug-likeness (QED) is 0.197. The lowest BCUT2D eigenvalue weighted by Gasteiger charge is -2.01. The van der Waals surface area contributed by atoms with E-state index in [9.17, 15) is 5.11 Å². The summed E-state index contributed by atoms with van der Waals surface area (Å²) >= 11 is 0. The summed E-state index contributed by atoms with van der Waals surface area (Å²) in [6.07, 6.45) is 4.21. The molecule has 0 saturated carbocycles. The zero-order valence-electron chi connectivity index (χ0n) is 8.17. The van der Waals surface area contributed by atoms with Crippen molar-refractivity contribution in [1.29, 1.82) is 0 Å². The van der Waals surface area contributed by atoms with Crippen molar-refractivity contribution in [2.75, 3.05) is 12.3 Å². The monoisotopic (exact) mass is 204 g/mol. The van der Waals surface area contributed by atoms with Gasteiger partial charge in [-0.25, -0.2) is 0 Å². The highest BCUT2D eigenvalue weighted by Crippen LogP contribution is 2.25. The highest BCUT2D eigenvalue weighted by Gasteiger charge is 1.99. The Bertz CT molecular complexity index is 408.